The van der Waals surface area contributed by atoms with E-state index in [9.17, 15) is 13.6 Å². The number of carbonyl (C=O) groups is 1. The zero-order chi connectivity index (χ0) is 17.6. The molecule has 1 heterocycles. The maximum atomic E-state index is 13.3. The van der Waals surface area contributed by atoms with Crippen LogP contribution < -0.4 is 0 Å². The average molecular weight is 345 g/mol. The van der Waals surface area contributed by atoms with Crippen LogP contribution in [0, 0.1) is 17.6 Å². The number of ether oxygens (including phenoxy) is 1. The van der Waals surface area contributed by atoms with Crippen molar-refractivity contribution >= 4 is 5.91 Å². The van der Waals surface area contributed by atoms with Gasteiger partial charge in [-0.25, -0.2) is 8.78 Å². The van der Waals surface area contributed by atoms with Gasteiger partial charge in [-0.1, -0.05) is 30.3 Å². The molecule has 2 aromatic rings. The van der Waals surface area contributed by atoms with Gasteiger partial charge in [-0.15, -0.1) is 0 Å². The molecule has 1 saturated heterocycles. The van der Waals surface area contributed by atoms with Crippen molar-refractivity contribution in [2.45, 2.75) is 19.4 Å². The predicted molar refractivity (Wildman–Crippen MR) is 91.1 cm³/mol. The zero-order valence-electron chi connectivity index (χ0n) is 14.0. The summed E-state index contributed by atoms with van der Waals surface area (Å²) in [6, 6.07) is 13.2. The van der Waals surface area contributed by atoms with Crippen LogP contribution in [-0.4, -0.2) is 30.5 Å². The third kappa shape index (κ3) is 4.63. The van der Waals surface area contributed by atoms with E-state index in [1.54, 1.807) is 4.90 Å². The van der Waals surface area contributed by atoms with Crippen molar-refractivity contribution in [1.29, 1.82) is 0 Å². The van der Waals surface area contributed by atoms with Crippen LogP contribution in [0.1, 0.15) is 28.8 Å². The van der Waals surface area contributed by atoms with Gasteiger partial charge in [0, 0.05) is 18.7 Å². The van der Waals surface area contributed by atoms with Gasteiger partial charge in [0.25, 0.3) is 5.91 Å². The number of carbonyl (C=O) groups excluding carboxylic acids is 1. The quantitative estimate of drug-likeness (QED) is 0.819. The van der Waals surface area contributed by atoms with Crippen molar-refractivity contribution in [3.05, 3.63) is 71.3 Å². The highest BCUT2D eigenvalue weighted by Gasteiger charge is 2.25. The van der Waals surface area contributed by atoms with E-state index in [0.29, 0.717) is 26.3 Å². The van der Waals surface area contributed by atoms with Crippen molar-refractivity contribution in [3.8, 4) is 0 Å². The molecular formula is C20H21F2NO2. The first-order valence-electron chi connectivity index (χ1n) is 8.49. The summed E-state index contributed by atoms with van der Waals surface area (Å²) in [4.78, 5) is 14.2. The van der Waals surface area contributed by atoms with Gasteiger partial charge in [-0.05, 0) is 42.5 Å². The van der Waals surface area contributed by atoms with Crippen LogP contribution in [-0.2, 0) is 11.3 Å². The Labute approximate surface area is 146 Å². The minimum atomic E-state index is -0.995. The summed E-state index contributed by atoms with van der Waals surface area (Å²) in [5.41, 5.74) is 1.30. The Morgan fingerprint density at radius 3 is 2.68 bits per heavy atom. The van der Waals surface area contributed by atoms with Crippen molar-refractivity contribution in [2.24, 2.45) is 5.92 Å². The highest BCUT2D eigenvalue weighted by Crippen LogP contribution is 2.20. The molecule has 2 aromatic carbocycles. The Morgan fingerprint density at radius 2 is 1.92 bits per heavy atom. The van der Waals surface area contributed by atoms with Gasteiger partial charge in [0.1, 0.15) is 0 Å². The minimum Gasteiger partial charge on any atom is -0.376 e. The number of nitrogens with zero attached hydrogens (tertiary/aromatic N) is 1. The lowest BCUT2D eigenvalue weighted by molar-refractivity contribution is 0.0425. The van der Waals surface area contributed by atoms with Crippen molar-refractivity contribution in [1.82, 2.24) is 4.90 Å². The number of piperidine rings is 1. The molecule has 0 radical (unpaired) electrons. The highest BCUT2D eigenvalue weighted by molar-refractivity contribution is 5.94. The Balaban J connectivity index is 1.53. The molecular weight excluding hydrogens is 324 g/mol. The predicted octanol–water partition coefficient (Wildman–Crippen LogP) is 4.03. The zero-order valence-corrected chi connectivity index (χ0v) is 14.0. The molecule has 0 saturated carbocycles. The Morgan fingerprint density at radius 1 is 1.12 bits per heavy atom. The van der Waals surface area contributed by atoms with Crippen LogP contribution in [0.5, 0.6) is 0 Å². The molecule has 0 aromatic heterocycles. The molecule has 1 aliphatic rings. The third-order valence-electron chi connectivity index (χ3n) is 4.44. The summed E-state index contributed by atoms with van der Waals surface area (Å²) < 4.78 is 32.2. The van der Waals surface area contributed by atoms with Gasteiger partial charge in [0.05, 0.1) is 13.2 Å². The van der Waals surface area contributed by atoms with Gasteiger partial charge < -0.3 is 9.64 Å². The number of rotatable bonds is 5. The summed E-state index contributed by atoms with van der Waals surface area (Å²) in [7, 11) is 0. The van der Waals surface area contributed by atoms with E-state index < -0.39 is 11.6 Å². The molecule has 3 rings (SSSR count). The van der Waals surface area contributed by atoms with Gasteiger partial charge in [-0.2, -0.15) is 0 Å². The number of hydrogen-bond acceptors (Lipinski definition) is 2. The normalized spacial score (nSPS) is 17.5. The van der Waals surface area contributed by atoms with Crippen LogP contribution in [0.2, 0.25) is 0 Å². The van der Waals surface area contributed by atoms with Gasteiger partial charge >= 0.3 is 0 Å². The monoisotopic (exact) mass is 345 g/mol. The summed E-state index contributed by atoms with van der Waals surface area (Å²) in [5.74, 6) is -1.94. The molecule has 0 N–H and O–H groups in total. The molecule has 0 bridgehead atoms. The van der Waals surface area contributed by atoms with Crippen LogP contribution >= 0.6 is 0 Å². The molecule has 1 fully saturated rings. The average Bonchev–Trinajstić information content (AvgIpc) is 2.64. The first-order valence-corrected chi connectivity index (χ1v) is 8.49. The molecule has 3 nitrogen and oxygen atoms in total. The van der Waals surface area contributed by atoms with Gasteiger partial charge in [0.2, 0.25) is 0 Å². The first kappa shape index (κ1) is 17.5. The fourth-order valence-corrected chi connectivity index (χ4v) is 3.11. The second-order valence-electron chi connectivity index (χ2n) is 6.39. The smallest absolute Gasteiger partial charge is 0.253 e. The first-order chi connectivity index (χ1) is 12.1. The maximum absolute atomic E-state index is 13.3. The molecule has 132 valence electrons. The number of amides is 1. The second kappa shape index (κ2) is 8.21. The van der Waals surface area contributed by atoms with E-state index in [0.717, 1.165) is 30.5 Å². The standard InChI is InChI=1S/C20H21F2NO2/c21-18-9-8-17(11-19(18)22)20(24)23-10-4-7-16(12-23)14-25-13-15-5-2-1-3-6-15/h1-3,5-6,8-9,11,16H,4,7,10,12-14H2. The Kier molecular flexibility index (Phi) is 5.76. The lowest BCUT2D eigenvalue weighted by Gasteiger charge is -2.32. The number of likely N-dealkylation sites (tertiary alicyclic amines) is 1. The lowest BCUT2D eigenvalue weighted by atomic mass is 9.98. The van der Waals surface area contributed by atoms with Crippen molar-refractivity contribution in [2.75, 3.05) is 19.7 Å². The van der Waals surface area contributed by atoms with E-state index in [4.69, 9.17) is 4.74 Å². The number of hydrogen-bond donors (Lipinski definition) is 0. The topological polar surface area (TPSA) is 29.5 Å². The molecule has 1 aliphatic heterocycles. The van der Waals surface area contributed by atoms with Gasteiger partial charge in [-0.3, -0.25) is 4.79 Å². The molecule has 5 heteroatoms. The van der Waals surface area contributed by atoms with Crippen LogP contribution in [0.4, 0.5) is 8.78 Å². The van der Waals surface area contributed by atoms with Gasteiger partial charge in [0.15, 0.2) is 11.6 Å². The summed E-state index contributed by atoms with van der Waals surface area (Å²) in [6.07, 6.45) is 1.88. The summed E-state index contributed by atoms with van der Waals surface area (Å²) in [6.45, 7) is 2.34. The van der Waals surface area contributed by atoms with Crippen LogP contribution in [0.25, 0.3) is 0 Å². The Hall–Kier alpha value is -2.27. The SMILES string of the molecule is O=C(c1ccc(F)c(F)c1)N1CCCC(COCc2ccccc2)C1. The van der Waals surface area contributed by atoms with E-state index in [2.05, 4.69) is 0 Å². The van der Waals surface area contributed by atoms with Crippen molar-refractivity contribution in [3.63, 3.8) is 0 Å². The summed E-state index contributed by atoms with van der Waals surface area (Å²) in [5, 5.41) is 0. The molecule has 0 aliphatic carbocycles. The van der Waals surface area contributed by atoms with E-state index >= 15 is 0 Å². The lowest BCUT2D eigenvalue weighted by Crippen LogP contribution is -2.41. The molecule has 25 heavy (non-hydrogen) atoms. The molecule has 1 atom stereocenters. The van der Waals surface area contributed by atoms with Crippen LogP contribution in [0.15, 0.2) is 48.5 Å². The molecule has 1 unspecified atom stereocenters. The molecule has 0 spiro atoms. The minimum absolute atomic E-state index is 0.185. The maximum Gasteiger partial charge on any atom is 0.253 e. The van der Waals surface area contributed by atoms with E-state index in [1.165, 1.54) is 6.07 Å². The second-order valence-corrected chi connectivity index (χ2v) is 6.39. The van der Waals surface area contributed by atoms with E-state index in [-0.39, 0.29) is 17.4 Å². The largest absolute Gasteiger partial charge is 0.376 e. The number of halogens is 2. The summed E-state index contributed by atoms with van der Waals surface area (Å²) >= 11 is 0. The highest BCUT2D eigenvalue weighted by atomic mass is 19.2. The fourth-order valence-electron chi connectivity index (χ4n) is 3.11. The van der Waals surface area contributed by atoms with Crippen molar-refractivity contribution < 1.29 is 18.3 Å². The Bertz CT molecular complexity index is 721. The third-order valence-corrected chi connectivity index (χ3v) is 4.44. The number of benzene rings is 2. The molecule has 1 amide bonds. The van der Waals surface area contributed by atoms with Crippen LogP contribution in [0.3, 0.4) is 0 Å². The fraction of sp³-hybridized carbons (Fsp3) is 0.350. The van der Waals surface area contributed by atoms with E-state index in [1.807, 2.05) is 30.3 Å².